The fraction of sp³-hybridized carbons (Fsp3) is 0.368. The van der Waals surface area contributed by atoms with Gasteiger partial charge in [-0.3, -0.25) is 14.9 Å². The summed E-state index contributed by atoms with van der Waals surface area (Å²) in [6.07, 6.45) is 3.35. The zero-order valence-electron chi connectivity index (χ0n) is 14.5. The van der Waals surface area contributed by atoms with Crippen molar-refractivity contribution in [2.75, 3.05) is 13.1 Å². The molecule has 0 bridgehead atoms. The van der Waals surface area contributed by atoms with Gasteiger partial charge in [-0.2, -0.15) is 5.10 Å². The molecular formula is C19H21N5O. The van der Waals surface area contributed by atoms with Crippen molar-refractivity contribution in [3.63, 3.8) is 0 Å². The van der Waals surface area contributed by atoms with Crippen molar-refractivity contribution in [2.45, 2.75) is 32.6 Å². The standard InChI is InChI=1S/C19H21N5O/c1-12-3-4-17-15(9-12)16(10-13(2)22-17)19(25)24-7-5-14(6-8-24)18-20-11-21-23-18/h3-4,9-11,14H,5-8H2,1-2H3,(H,20,21,23). The summed E-state index contributed by atoms with van der Waals surface area (Å²) >= 11 is 0. The minimum Gasteiger partial charge on any atom is -0.339 e. The van der Waals surface area contributed by atoms with E-state index >= 15 is 0 Å². The highest BCUT2D eigenvalue weighted by Gasteiger charge is 2.27. The van der Waals surface area contributed by atoms with Gasteiger partial charge in [-0.25, -0.2) is 4.98 Å². The first-order valence-corrected chi connectivity index (χ1v) is 8.64. The number of hydrogen-bond acceptors (Lipinski definition) is 4. The van der Waals surface area contributed by atoms with Gasteiger partial charge in [-0.05, 0) is 44.9 Å². The summed E-state index contributed by atoms with van der Waals surface area (Å²) in [5.74, 6) is 1.37. The lowest BCUT2D eigenvalue weighted by molar-refractivity contribution is 0.0713. The number of carbonyl (C=O) groups excluding carboxylic acids is 1. The Kier molecular flexibility index (Phi) is 3.95. The van der Waals surface area contributed by atoms with Gasteiger partial charge in [-0.15, -0.1) is 0 Å². The summed E-state index contributed by atoms with van der Waals surface area (Å²) < 4.78 is 0. The molecule has 1 aliphatic heterocycles. The highest BCUT2D eigenvalue weighted by Crippen LogP contribution is 2.27. The molecule has 0 unspecified atom stereocenters. The Balaban J connectivity index is 1.59. The largest absolute Gasteiger partial charge is 0.339 e. The molecule has 1 N–H and O–H groups in total. The summed E-state index contributed by atoms with van der Waals surface area (Å²) in [6.45, 7) is 5.44. The number of piperidine rings is 1. The zero-order chi connectivity index (χ0) is 17.4. The number of aromatic nitrogens is 4. The van der Waals surface area contributed by atoms with E-state index in [1.807, 2.05) is 36.9 Å². The van der Waals surface area contributed by atoms with Gasteiger partial charge in [0.15, 0.2) is 0 Å². The minimum absolute atomic E-state index is 0.0946. The summed E-state index contributed by atoms with van der Waals surface area (Å²) in [7, 11) is 0. The van der Waals surface area contributed by atoms with Gasteiger partial charge < -0.3 is 4.90 Å². The van der Waals surface area contributed by atoms with Crippen LogP contribution in [0.15, 0.2) is 30.6 Å². The van der Waals surface area contributed by atoms with Crippen LogP contribution in [0.5, 0.6) is 0 Å². The molecule has 0 spiro atoms. The van der Waals surface area contributed by atoms with Gasteiger partial charge in [0.25, 0.3) is 5.91 Å². The molecule has 0 aliphatic carbocycles. The number of carbonyl (C=O) groups is 1. The molecule has 25 heavy (non-hydrogen) atoms. The van der Waals surface area contributed by atoms with Crippen LogP contribution in [0.3, 0.4) is 0 Å². The third-order valence-corrected chi connectivity index (χ3v) is 4.93. The number of likely N-dealkylation sites (tertiary alicyclic amines) is 1. The lowest BCUT2D eigenvalue weighted by atomic mass is 9.95. The van der Waals surface area contributed by atoms with E-state index in [1.54, 1.807) is 6.33 Å². The van der Waals surface area contributed by atoms with Crippen molar-refractivity contribution < 1.29 is 4.79 Å². The van der Waals surface area contributed by atoms with Crippen molar-refractivity contribution in [1.29, 1.82) is 0 Å². The number of aromatic amines is 1. The highest BCUT2D eigenvalue weighted by molar-refractivity contribution is 6.06. The SMILES string of the molecule is Cc1ccc2nc(C)cc(C(=O)N3CCC(c4ncn[nH]4)CC3)c2c1. The fourth-order valence-electron chi connectivity index (χ4n) is 3.59. The van der Waals surface area contributed by atoms with Crippen LogP contribution in [0.4, 0.5) is 0 Å². The quantitative estimate of drug-likeness (QED) is 0.781. The van der Waals surface area contributed by atoms with E-state index in [1.165, 1.54) is 0 Å². The van der Waals surface area contributed by atoms with Crippen LogP contribution < -0.4 is 0 Å². The predicted molar refractivity (Wildman–Crippen MR) is 95.5 cm³/mol. The van der Waals surface area contributed by atoms with E-state index in [0.29, 0.717) is 5.92 Å². The van der Waals surface area contributed by atoms with Crippen LogP contribution in [0.25, 0.3) is 10.9 Å². The molecule has 1 aromatic carbocycles. The van der Waals surface area contributed by atoms with Crippen LogP contribution in [-0.2, 0) is 0 Å². The van der Waals surface area contributed by atoms with E-state index in [4.69, 9.17) is 0 Å². The number of hydrogen-bond donors (Lipinski definition) is 1. The molecule has 128 valence electrons. The molecule has 6 heteroatoms. The minimum atomic E-state index is 0.0946. The lowest BCUT2D eigenvalue weighted by Gasteiger charge is -2.31. The summed E-state index contributed by atoms with van der Waals surface area (Å²) in [5.41, 5.74) is 3.64. The number of pyridine rings is 1. The number of aryl methyl sites for hydroxylation is 2. The molecule has 4 rings (SSSR count). The van der Waals surface area contributed by atoms with Crippen molar-refractivity contribution >= 4 is 16.8 Å². The first kappa shape index (κ1) is 15.7. The van der Waals surface area contributed by atoms with E-state index < -0.39 is 0 Å². The number of rotatable bonds is 2. The molecule has 0 radical (unpaired) electrons. The first-order chi connectivity index (χ1) is 12.1. The summed E-state index contributed by atoms with van der Waals surface area (Å²) in [6, 6.07) is 7.99. The van der Waals surface area contributed by atoms with E-state index in [2.05, 4.69) is 26.2 Å². The smallest absolute Gasteiger partial charge is 0.254 e. The van der Waals surface area contributed by atoms with Crippen molar-refractivity contribution in [3.05, 3.63) is 53.2 Å². The van der Waals surface area contributed by atoms with Crippen LogP contribution in [0.2, 0.25) is 0 Å². The fourth-order valence-corrected chi connectivity index (χ4v) is 3.59. The maximum absolute atomic E-state index is 13.1. The topological polar surface area (TPSA) is 74.8 Å². The van der Waals surface area contributed by atoms with E-state index in [-0.39, 0.29) is 5.91 Å². The molecular weight excluding hydrogens is 314 g/mol. The van der Waals surface area contributed by atoms with Crippen molar-refractivity contribution in [2.24, 2.45) is 0 Å². The second kappa shape index (κ2) is 6.27. The molecule has 0 atom stereocenters. The summed E-state index contributed by atoms with van der Waals surface area (Å²) in [5, 5.41) is 7.81. The van der Waals surface area contributed by atoms with Crippen LogP contribution in [-0.4, -0.2) is 44.1 Å². The average molecular weight is 335 g/mol. The lowest BCUT2D eigenvalue weighted by Crippen LogP contribution is -2.38. The van der Waals surface area contributed by atoms with Gasteiger partial charge in [0.05, 0.1) is 11.1 Å². The van der Waals surface area contributed by atoms with Crippen molar-refractivity contribution in [1.82, 2.24) is 25.1 Å². The molecule has 1 fully saturated rings. The number of nitrogens with zero attached hydrogens (tertiary/aromatic N) is 4. The average Bonchev–Trinajstić information content (AvgIpc) is 3.16. The molecule has 3 aromatic rings. The molecule has 0 saturated carbocycles. The first-order valence-electron chi connectivity index (χ1n) is 8.64. The molecule has 1 amide bonds. The molecule has 6 nitrogen and oxygen atoms in total. The highest BCUT2D eigenvalue weighted by atomic mass is 16.2. The Morgan fingerprint density at radius 3 is 2.72 bits per heavy atom. The molecule has 3 heterocycles. The number of amides is 1. The Morgan fingerprint density at radius 1 is 1.20 bits per heavy atom. The predicted octanol–water partition coefficient (Wildman–Crippen LogP) is 2.99. The maximum Gasteiger partial charge on any atom is 0.254 e. The van der Waals surface area contributed by atoms with Gasteiger partial charge in [-0.1, -0.05) is 11.6 Å². The molecule has 1 aliphatic rings. The maximum atomic E-state index is 13.1. The second-order valence-electron chi connectivity index (χ2n) is 6.77. The number of fused-ring (bicyclic) bond motifs is 1. The van der Waals surface area contributed by atoms with E-state index in [9.17, 15) is 4.79 Å². The Hall–Kier alpha value is -2.76. The van der Waals surface area contributed by atoms with Gasteiger partial charge in [0.2, 0.25) is 0 Å². The van der Waals surface area contributed by atoms with Gasteiger partial charge in [0, 0.05) is 30.1 Å². The van der Waals surface area contributed by atoms with Crippen molar-refractivity contribution in [3.8, 4) is 0 Å². The third-order valence-electron chi connectivity index (χ3n) is 4.93. The van der Waals surface area contributed by atoms with E-state index in [0.717, 1.165) is 59.5 Å². The second-order valence-corrected chi connectivity index (χ2v) is 6.77. The van der Waals surface area contributed by atoms with Crippen LogP contribution >= 0.6 is 0 Å². The Bertz CT molecular complexity index is 911. The number of nitrogens with one attached hydrogen (secondary N) is 1. The van der Waals surface area contributed by atoms with Gasteiger partial charge in [0.1, 0.15) is 12.2 Å². The Morgan fingerprint density at radius 2 is 2.00 bits per heavy atom. The number of benzene rings is 1. The number of H-pyrrole nitrogens is 1. The van der Waals surface area contributed by atoms with Crippen LogP contribution in [0.1, 0.15) is 46.2 Å². The van der Waals surface area contributed by atoms with Gasteiger partial charge >= 0.3 is 0 Å². The zero-order valence-corrected chi connectivity index (χ0v) is 14.5. The van der Waals surface area contributed by atoms with Crippen LogP contribution in [0, 0.1) is 13.8 Å². The summed E-state index contributed by atoms with van der Waals surface area (Å²) in [4.78, 5) is 23.9. The Labute approximate surface area is 146 Å². The molecule has 1 saturated heterocycles. The normalized spacial score (nSPS) is 15.7. The monoisotopic (exact) mass is 335 g/mol. The molecule has 2 aromatic heterocycles. The third kappa shape index (κ3) is 2.99.